The van der Waals surface area contributed by atoms with Gasteiger partial charge in [-0.3, -0.25) is 15.6 Å². The molecule has 0 aliphatic rings. The zero-order valence-corrected chi connectivity index (χ0v) is 12.4. The summed E-state index contributed by atoms with van der Waals surface area (Å²) in [6.45, 7) is 5.72. The first kappa shape index (κ1) is 14.4. The summed E-state index contributed by atoms with van der Waals surface area (Å²) < 4.78 is 0. The third kappa shape index (κ3) is 3.12. The highest BCUT2D eigenvalue weighted by atomic mass is 32.1. The van der Waals surface area contributed by atoms with Gasteiger partial charge in [0.25, 0.3) is 5.91 Å². The van der Waals surface area contributed by atoms with Crippen LogP contribution in [0, 0.1) is 13.8 Å². The van der Waals surface area contributed by atoms with Crippen molar-refractivity contribution in [3.8, 4) is 0 Å². The van der Waals surface area contributed by atoms with Crippen molar-refractivity contribution in [3.63, 3.8) is 0 Å². The Kier molecular flexibility index (Phi) is 4.31. The molecule has 2 aromatic heterocycles. The van der Waals surface area contributed by atoms with Gasteiger partial charge in [0.05, 0.1) is 17.3 Å². The molecule has 0 aliphatic carbocycles. The molecule has 0 fully saturated rings. The zero-order valence-electron chi connectivity index (χ0n) is 11.6. The lowest BCUT2D eigenvalue weighted by molar-refractivity contribution is 0.0940. The summed E-state index contributed by atoms with van der Waals surface area (Å²) in [5.74, 6) is 5.20. The Bertz CT molecular complexity index is 625. The summed E-state index contributed by atoms with van der Waals surface area (Å²) in [7, 11) is 0. The number of nitrogen functional groups attached to an aromatic ring is 1. The Labute approximate surface area is 121 Å². The van der Waals surface area contributed by atoms with Crippen molar-refractivity contribution < 1.29 is 4.79 Å². The van der Waals surface area contributed by atoms with Gasteiger partial charge >= 0.3 is 0 Å². The third-order valence-electron chi connectivity index (χ3n) is 2.80. The van der Waals surface area contributed by atoms with Crippen LogP contribution in [0.15, 0.2) is 18.5 Å². The lowest BCUT2D eigenvalue weighted by Crippen LogP contribution is -2.28. The fourth-order valence-corrected chi connectivity index (χ4v) is 2.55. The highest BCUT2D eigenvalue weighted by molar-refractivity contribution is 7.11. The van der Waals surface area contributed by atoms with Gasteiger partial charge in [-0.1, -0.05) is 0 Å². The summed E-state index contributed by atoms with van der Waals surface area (Å²) in [4.78, 5) is 21.8. The van der Waals surface area contributed by atoms with Gasteiger partial charge in [-0.05, 0) is 26.8 Å². The van der Waals surface area contributed by atoms with E-state index in [9.17, 15) is 4.79 Å². The van der Waals surface area contributed by atoms with Crippen LogP contribution in [0.4, 0.5) is 5.69 Å². The normalized spacial score (nSPS) is 12.0. The van der Waals surface area contributed by atoms with Crippen molar-refractivity contribution >= 4 is 22.9 Å². The van der Waals surface area contributed by atoms with Gasteiger partial charge in [0.1, 0.15) is 5.01 Å². The predicted molar refractivity (Wildman–Crippen MR) is 79.5 cm³/mol. The van der Waals surface area contributed by atoms with Crippen LogP contribution < -0.4 is 16.6 Å². The van der Waals surface area contributed by atoms with Crippen molar-refractivity contribution in [2.45, 2.75) is 26.8 Å². The van der Waals surface area contributed by atoms with E-state index in [0.29, 0.717) is 11.3 Å². The highest BCUT2D eigenvalue weighted by Gasteiger charge is 2.17. The number of nitrogens with zero attached hydrogens (tertiary/aromatic N) is 2. The van der Waals surface area contributed by atoms with Gasteiger partial charge in [-0.2, -0.15) is 0 Å². The van der Waals surface area contributed by atoms with Gasteiger partial charge in [-0.25, -0.2) is 4.98 Å². The lowest BCUT2D eigenvalue weighted by Gasteiger charge is -2.13. The number of hydrogen-bond acceptors (Lipinski definition) is 6. The first-order chi connectivity index (χ1) is 9.51. The molecule has 0 bridgehead atoms. The summed E-state index contributed by atoms with van der Waals surface area (Å²) in [6, 6.07) is 1.57. The molecule has 106 valence electrons. The Morgan fingerprint density at radius 3 is 2.70 bits per heavy atom. The number of nitrogens with two attached hydrogens (primary N) is 1. The quantitative estimate of drug-likeness (QED) is 0.591. The molecule has 1 amide bonds. The van der Waals surface area contributed by atoms with Crippen molar-refractivity contribution in [3.05, 3.63) is 39.6 Å². The molecule has 1 unspecified atom stereocenters. The molecule has 0 radical (unpaired) electrons. The summed E-state index contributed by atoms with van der Waals surface area (Å²) >= 11 is 1.56. The van der Waals surface area contributed by atoms with E-state index in [1.165, 1.54) is 6.20 Å². The van der Waals surface area contributed by atoms with E-state index < -0.39 is 0 Å². The van der Waals surface area contributed by atoms with Crippen LogP contribution in [0.25, 0.3) is 0 Å². The van der Waals surface area contributed by atoms with Gasteiger partial charge < -0.3 is 10.7 Å². The number of anilines is 1. The van der Waals surface area contributed by atoms with E-state index in [1.54, 1.807) is 23.6 Å². The number of amides is 1. The van der Waals surface area contributed by atoms with Crippen LogP contribution in [0.1, 0.15) is 38.9 Å². The molecular formula is C13H17N5OS. The van der Waals surface area contributed by atoms with Gasteiger partial charge in [-0.15, -0.1) is 11.3 Å². The molecule has 0 saturated heterocycles. The standard InChI is InChI=1S/C13H17N5OS/c1-7-4-11(18-14)10(6-15-7)12(19)17-9(3)13-16-5-8(2)20-13/h4-6,9H,14H2,1-3H3,(H,15,18)(H,17,19). The predicted octanol–water partition coefficient (Wildman–Crippen LogP) is 1.93. The molecule has 0 aliphatic heterocycles. The lowest BCUT2D eigenvalue weighted by atomic mass is 10.2. The number of aryl methyl sites for hydroxylation is 2. The van der Waals surface area contributed by atoms with Crippen LogP contribution >= 0.6 is 11.3 Å². The fraction of sp³-hybridized carbons (Fsp3) is 0.308. The Morgan fingerprint density at radius 2 is 2.10 bits per heavy atom. The van der Waals surface area contributed by atoms with E-state index in [2.05, 4.69) is 20.7 Å². The van der Waals surface area contributed by atoms with Crippen LogP contribution in [0.5, 0.6) is 0 Å². The second-order valence-electron chi connectivity index (χ2n) is 4.52. The molecule has 7 heteroatoms. The maximum Gasteiger partial charge on any atom is 0.255 e. The van der Waals surface area contributed by atoms with E-state index in [0.717, 1.165) is 15.6 Å². The minimum Gasteiger partial charge on any atom is -0.343 e. The molecular weight excluding hydrogens is 274 g/mol. The number of rotatable bonds is 4. The van der Waals surface area contributed by atoms with Crippen LogP contribution in [0.3, 0.4) is 0 Å². The maximum atomic E-state index is 12.3. The Morgan fingerprint density at radius 1 is 1.35 bits per heavy atom. The molecule has 0 spiro atoms. The van der Waals surface area contributed by atoms with Crippen LogP contribution in [0.2, 0.25) is 0 Å². The highest BCUT2D eigenvalue weighted by Crippen LogP contribution is 2.20. The van der Waals surface area contributed by atoms with Crippen molar-refractivity contribution in [2.75, 3.05) is 5.43 Å². The minimum atomic E-state index is -0.231. The van der Waals surface area contributed by atoms with Crippen molar-refractivity contribution in [1.82, 2.24) is 15.3 Å². The number of aromatic nitrogens is 2. The molecule has 2 aromatic rings. The third-order valence-corrected chi connectivity index (χ3v) is 3.89. The first-order valence-corrected chi connectivity index (χ1v) is 6.99. The number of carbonyl (C=O) groups excluding carboxylic acids is 1. The van der Waals surface area contributed by atoms with E-state index in [-0.39, 0.29) is 11.9 Å². The topological polar surface area (TPSA) is 92.9 Å². The monoisotopic (exact) mass is 291 g/mol. The zero-order chi connectivity index (χ0) is 14.7. The second kappa shape index (κ2) is 5.98. The largest absolute Gasteiger partial charge is 0.343 e. The van der Waals surface area contributed by atoms with Crippen molar-refractivity contribution in [2.24, 2.45) is 5.84 Å². The number of pyridine rings is 1. The van der Waals surface area contributed by atoms with E-state index in [4.69, 9.17) is 5.84 Å². The molecule has 0 saturated carbocycles. The molecule has 1 atom stereocenters. The second-order valence-corrected chi connectivity index (χ2v) is 5.79. The summed E-state index contributed by atoms with van der Waals surface area (Å²) in [5.41, 5.74) is 4.28. The Balaban J connectivity index is 2.16. The average Bonchev–Trinajstić information content (AvgIpc) is 2.85. The first-order valence-electron chi connectivity index (χ1n) is 6.17. The molecule has 2 rings (SSSR count). The van der Waals surface area contributed by atoms with E-state index in [1.807, 2.05) is 20.8 Å². The van der Waals surface area contributed by atoms with Crippen LogP contribution in [-0.4, -0.2) is 15.9 Å². The number of hydrogen-bond donors (Lipinski definition) is 3. The van der Waals surface area contributed by atoms with Crippen molar-refractivity contribution in [1.29, 1.82) is 0 Å². The Hall–Kier alpha value is -1.99. The molecule has 4 N–H and O–H groups in total. The SMILES string of the molecule is Cc1cc(NN)c(C(=O)NC(C)c2ncc(C)s2)cn1. The number of thiazole rings is 1. The van der Waals surface area contributed by atoms with Gasteiger partial charge in [0, 0.05) is 23.0 Å². The van der Waals surface area contributed by atoms with Gasteiger partial charge in [0.15, 0.2) is 0 Å². The smallest absolute Gasteiger partial charge is 0.255 e. The van der Waals surface area contributed by atoms with Gasteiger partial charge in [0.2, 0.25) is 0 Å². The molecule has 2 heterocycles. The fourth-order valence-electron chi connectivity index (χ4n) is 1.77. The molecule has 20 heavy (non-hydrogen) atoms. The molecule has 0 aromatic carbocycles. The van der Waals surface area contributed by atoms with E-state index >= 15 is 0 Å². The average molecular weight is 291 g/mol. The van der Waals surface area contributed by atoms with Crippen LogP contribution in [-0.2, 0) is 0 Å². The molecule has 6 nitrogen and oxygen atoms in total. The number of nitrogens with one attached hydrogen (secondary N) is 2. The number of carbonyl (C=O) groups is 1. The number of hydrazine groups is 1. The summed E-state index contributed by atoms with van der Waals surface area (Å²) in [5, 5.41) is 3.77. The maximum absolute atomic E-state index is 12.3. The summed E-state index contributed by atoms with van der Waals surface area (Å²) in [6.07, 6.45) is 3.31. The minimum absolute atomic E-state index is 0.159.